The van der Waals surface area contributed by atoms with Gasteiger partial charge in [-0.1, -0.05) is 0 Å². The monoisotopic (exact) mass is 282 g/mol. The van der Waals surface area contributed by atoms with E-state index in [1.165, 1.54) is 4.90 Å². The van der Waals surface area contributed by atoms with Crippen molar-refractivity contribution < 1.29 is 19.4 Å². The Hall–Kier alpha value is -2.09. The number of ether oxygens (including phenoxy) is 1. The van der Waals surface area contributed by atoms with Crippen LogP contribution in [0.15, 0.2) is 12.5 Å². The molecule has 1 aromatic rings. The maximum atomic E-state index is 12.0. The third-order valence-electron chi connectivity index (χ3n) is 3.41. The summed E-state index contributed by atoms with van der Waals surface area (Å²) >= 11 is 0. The number of hydrogen-bond acceptors (Lipinski definition) is 4. The van der Waals surface area contributed by atoms with Crippen LogP contribution in [0, 0.1) is 5.92 Å². The largest absolute Gasteiger partial charge is 0.481 e. The minimum atomic E-state index is -0.940. The molecule has 0 spiro atoms. The number of aromatic nitrogens is 2. The lowest BCUT2D eigenvalue weighted by molar-refractivity contribution is -0.142. The van der Waals surface area contributed by atoms with Crippen LogP contribution in [0.5, 0.6) is 0 Å². The van der Waals surface area contributed by atoms with Crippen LogP contribution in [0.2, 0.25) is 0 Å². The summed E-state index contributed by atoms with van der Waals surface area (Å²) < 4.78 is 5.15. The molecule has 3 N–H and O–H groups in total. The highest BCUT2D eigenvalue weighted by Gasteiger charge is 2.38. The fourth-order valence-electron chi connectivity index (χ4n) is 2.16. The molecule has 2 unspecified atom stereocenters. The van der Waals surface area contributed by atoms with Crippen molar-refractivity contribution in [2.45, 2.75) is 12.5 Å². The number of hydrogen-bond donors (Lipinski definition) is 3. The van der Waals surface area contributed by atoms with Crippen LogP contribution in [-0.2, 0) is 16.0 Å². The summed E-state index contributed by atoms with van der Waals surface area (Å²) in [7, 11) is 1.58. The third-order valence-corrected chi connectivity index (χ3v) is 3.41. The summed E-state index contributed by atoms with van der Waals surface area (Å²) in [4.78, 5) is 31.3. The average Bonchev–Trinajstić information content (AvgIpc) is 3.08. The molecule has 8 nitrogen and oxygen atoms in total. The Labute approximate surface area is 116 Å². The number of H-pyrrole nitrogens is 1. The average molecular weight is 282 g/mol. The molecule has 0 aromatic carbocycles. The van der Waals surface area contributed by atoms with Crippen LogP contribution in [-0.4, -0.2) is 64.8 Å². The standard InChI is InChI=1S/C12H18N4O4/c1-16(10-6-20-5-9(10)11(17)18)12(19)14-3-2-8-4-13-7-15-8/h4,7,9-10H,2-3,5-6H2,1H3,(H,13,15)(H,14,19)(H,17,18). The molecule has 1 aliphatic heterocycles. The number of carbonyl (C=O) groups is 2. The van der Waals surface area contributed by atoms with Gasteiger partial charge in [0.25, 0.3) is 0 Å². The summed E-state index contributed by atoms with van der Waals surface area (Å²) in [5, 5.41) is 11.8. The summed E-state index contributed by atoms with van der Waals surface area (Å²) in [5.74, 6) is -1.61. The van der Waals surface area contributed by atoms with Gasteiger partial charge in [0.2, 0.25) is 0 Å². The smallest absolute Gasteiger partial charge is 0.317 e. The molecular weight excluding hydrogens is 264 g/mol. The van der Waals surface area contributed by atoms with E-state index in [9.17, 15) is 9.59 Å². The second kappa shape index (κ2) is 6.38. The number of likely N-dealkylation sites (N-methyl/N-ethyl adjacent to an activating group) is 1. The molecule has 2 amide bonds. The molecule has 8 heteroatoms. The molecule has 2 heterocycles. The predicted octanol–water partition coefficient (Wildman–Crippen LogP) is -0.307. The highest BCUT2D eigenvalue weighted by molar-refractivity contribution is 5.77. The zero-order valence-corrected chi connectivity index (χ0v) is 11.2. The SMILES string of the molecule is CN(C(=O)NCCc1cnc[nH]1)C1COCC1C(=O)O. The van der Waals surface area contributed by atoms with E-state index in [-0.39, 0.29) is 19.2 Å². The van der Waals surface area contributed by atoms with Crippen molar-refractivity contribution >= 4 is 12.0 Å². The van der Waals surface area contributed by atoms with E-state index in [4.69, 9.17) is 9.84 Å². The van der Waals surface area contributed by atoms with Gasteiger partial charge in [0.1, 0.15) is 5.92 Å². The van der Waals surface area contributed by atoms with Gasteiger partial charge >= 0.3 is 12.0 Å². The van der Waals surface area contributed by atoms with Crippen molar-refractivity contribution in [3.63, 3.8) is 0 Å². The van der Waals surface area contributed by atoms with Gasteiger partial charge in [0, 0.05) is 31.9 Å². The maximum absolute atomic E-state index is 12.0. The second-order valence-corrected chi connectivity index (χ2v) is 4.72. The minimum Gasteiger partial charge on any atom is -0.481 e. The van der Waals surface area contributed by atoms with Gasteiger partial charge in [0.15, 0.2) is 0 Å². The molecule has 1 aromatic heterocycles. The van der Waals surface area contributed by atoms with Crippen molar-refractivity contribution in [3.05, 3.63) is 18.2 Å². The molecule has 0 saturated carbocycles. The van der Waals surface area contributed by atoms with Gasteiger partial charge in [-0.3, -0.25) is 4.79 Å². The number of imidazole rings is 1. The van der Waals surface area contributed by atoms with Gasteiger partial charge in [0.05, 0.1) is 25.6 Å². The first kappa shape index (κ1) is 14.3. The number of rotatable bonds is 5. The van der Waals surface area contributed by atoms with Crippen LogP contribution in [0.3, 0.4) is 0 Å². The maximum Gasteiger partial charge on any atom is 0.317 e. The number of nitrogens with zero attached hydrogens (tertiary/aromatic N) is 2. The van der Waals surface area contributed by atoms with E-state index in [0.29, 0.717) is 13.0 Å². The van der Waals surface area contributed by atoms with E-state index in [0.717, 1.165) is 5.69 Å². The van der Waals surface area contributed by atoms with Crippen molar-refractivity contribution in [1.82, 2.24) is 20.2 Å². The molecule has 0 bridgehead atoms. The highest BCUT2D eigenvalue weighted by Crippen LogP contribution is 2.18. The number of carboxylic acid groups (broad SMARTS) is 1. The molecule has 2 atom stereocenters. The Bertz CT molecular complexity index is 462. The van der Waals surface area contributed by atoms with Gasteiger partial charge < -0.3 is 25.0 Å². The zero-order valence-electron chi connectivity index (χ0n) is 11.2. The summed E-state index contributed by atoms with van der Waals surface area (Å²) in [5.41, 5.74) is 0.931. The van der Waals surface area contributed by atoms with Gasteiger partial charge in [-0.25, -0.2) is 9.78 Å². The van der Waals surface area contributed by atoms with Gasteiger partial charge in [-0.2, -0.15) is 0 Å². The number of aromatic amines is 1. The second-order valence-electron chi connectivity index (χ2n) is 4.72. The number of amides is 2. The lowest BCUT2D eigenvalue weighted by Crippen LogP contribution is -2.48. The summed E-state index contributed by atoms with van der Waals surface area (Å²) in [6.45, 7) is 0.851. The summed E-state index contributed by atoms with van der Waals surface area (Å²) in [6.07, 6.45) is 3.92. The molecule has 2 rings (SSSR count). The number of aliphatic carboxylic acids is 1. The first-order valence-corrected chi connectivity index (χ1v) is 6.38. The molecule has 0 radical (unpaired) electrons. The Balaban J connectivity index is 1.80. The van der Waals surface area contributed by atoms with Crippen LogP contribution >= 0.6 is 0 Å². The number of urea groups is 1. The van der Waals surface area contributed by atoms with Crippen molar-refractivity contribution in [2.24, 2.45) is 5.92 Å². The highest BCUT2D eigenvalue weighted by atomic mass is 16.5. The van der Waals surface area contributed by atoms with Crippen LogP contribution in [0.25, 0.3) is 0 Å². The van der Waals surface area contributed by atoms with E-state index >= 15 is 0 Å². The normalized spacial score (nSPS) is 21.6. The van der Waals surface area contributed by atoms with Crippen LogP contribution in [0.4, 0.5) is 4.79 Å². The van der Waals surface area contributed by atoms with Crippen LogP contribution in [0.1, 0.15) is 5.69 Å². The number of nitrogens with one attached hydrogen (secondary N) is 2. The molecule has 1 aliphatic rings. The van der Waals surface area contributed by atoms with Crippen molar-refractivity contribution in [2.75, 3.05) is 26.8 Å². The Morgan fingerprint density at radius 3 is 3.05 bits per heavy atom. The Kier molecular flexibility index (Phi) is 4.57. The van der Waals surface area contributed by atoms with E-state index in [1.54, 1.807) is 19.6 Å². The first-order valence-electron chi connectivity index (χ1n) is 6.38. The topological polar surface area (TPSA) is 108 Å². The van der Waals surface area contributed by atoms with E-state index in [1.807, 2.05) is 0 Å². The third kappa shape index (κ3) is 3.27. The first-order chi connectivity index (χ1) is 9.59. The molecular formula is C12H18N4O4. The fraction of sp³-hybridized carbons (Fsp3) is 0.583. The molecule has 110 valence electrons. The Morgan fingerprint density at radius 2 is 2.40 bits per heavy atom. The lowest BCUT2D eigenvalue weighted by Gasteiger charge is -2.26. The molecule has 20 heavy (non-hydrogen) atoms. The van der Waals surface area contributed by atoms with E-state index < -0.39 is 17.9 Å². The van der Waals surface area contributed by atoms with Gasteiger partial charge in [-0.15, -0.1) is 0 Å². The Morgan fingerprint density at radius 1 is 1.60 bits per heavy atom. The zero-order chi connectivity index (χ0) is 14.5. The minimum absolute atomic E-state index is 0.145. The van der Waals surface area contributed by atoms with E-state index in [2.05, 4.69) is 15.3 Å². The number of carboxylic acids is 1. The quantitative estimate of drug-likeness (QED) is 0.687. The molecule has 1 fully saturated rings. The summed E-state index contributed by atoms with van der Waals surface area (Å²) in [6, 6.07) is -0.731. The number of carbonyl (C=O) groups excluding carboxylic acids is 1. The fourth-order valence-corrected chi connectivity index (χ4v) is 2.16. The predicted molar refractivity (Wildman–Crippen MR) is 69.2 cm³/mol. The van der Waals surface area contributed by atoms with Crippen LogP contribution < -0.4 is 5.32 Å². The van der Waals surface area contributed by atoms with Crippen molar-refractivity contribution in [3.8, 4) is 0 Å². The molecule has 0 aliphatic carbocycles. The van der Waals surface area contributed by atoms with Gasteiger partial charge in [-0.05, 0) is 0 Å². The molecule has 1 saturated heterocycles. The van der Waals surface area contributed by atoms with Crippen molar-refractivity contribution in [1.29, 1.82) is 0 Å². The lowest BCUT2D eigenvalue weighted by atomic mass is 10.0.